The molecule has 0 amide bonds. The zero-order chi connectivity index (χ0) is 9.61. The fourth-order valence-electron chi connectivity index (χ4n) is 0.890. The van der Waals surface area contributed by atoms with Crippen LogP contribution in [0.4, 0.5) is 0 Å². The Balaban J connectivity index is 4.08. The SMILES string of the molecule is CCP(=O)(CCC#N)OC(C)C. The molecule has 0 saturated carbocycles. The van der Waals surface area contributed by atoms with Gasteiger partial charge in [0, 0.05) is 18.7 Å². The normalized spacial score (nSPS) is 15.6. The number of hydrogen-bond acceptors (Lipinski definition) is 3. The maximum Gasteiger partial charge on any atom is 0.204 e. The van der Waals surface area contributed by atoms with E-state index >= 15 is 0 Å². The third-order valence-corrected chi connectivity index (χ3v) is 4.12. The molecule has 4 heteroatoms. The van der Waals surface area contributed by atoms with Crippen LogP contribution in [0.5, 0.6) is 0 Å². The maximum atomic E-state index is 11.8. The van der Waals surface area contributed by atoms with Gasteiger partial charge in [-0.15, -0.1) is 0 Å². The van der Waals surface area contributed by atoms with Crippen molar-refractivity contribution in [3.63, 3.8) is 0 Å². The van der Waals surface area contributed by atoms with Gasteiger partial charge in [0.2, 0.25) is 7.37 Å². The van der Waals surface area contributed by atoms with E-state index in [9.17, 15) is 4.57 Å². The van der Waals surface area contributed by atoms with Crippen LogP contribution in [0.3, 0.4) is 0 Å². The van der Waals surface area contributed by atoms with Crippen molar-refractivity contribution >= 4 is 7.37 Å². The average molecular weight is 189 g/mol. The van der Waals surface area contributed by atoms with Crippen LogP contribution in [0.15, 0.2) is 0 Å². The highest BCUT2D eigenvalue weighted by molar-refractivity contribution is 7.58. The molecule has 0 aliphatic heterocycles. The van der Waals surface area contributed by atoms with Crippen molar-refractivity contribution in [2.45, 2.75) is 33.3 Å². The van der Waals surface area contributed by atoms with Gasteiger partial charge in [0.15, 0.2) is 0 Å². The molecule has 0 saturated heterocycles. The molecule has 0 rings (SSSR count). The smallest absolute Gasteiger partial charge is 0.204 e. The Hall–Kier alpha value is -0.320. The molecule has 3 nitrogen and oxygen atoms in total. The molecule has 0 aliphatic carbocycles. The van der Waals surface area contributed by atoms with E-state index in [-0.39, 0.29) is 6.10 Å². The molecule has 0 bridgehead atoms. The standard InChI is InChI=1S/C8H16NO2P/c1-4-12(10,7-5-6-9)11-8(2)3/h8H,4-5,7H2,1-3H3. The van der Waals surface area contributed by atoms with Crippen LogP contribution in [0.1, 0.15) is 27.2 Å². The molecule has 1 unspecified atom stereocenters. The summed E-state index contributed by atoms with van der Waals surface area (Å²) in [6.07, 6.45) is 1.21. The Labute approximate surface area is 74.2 Å². The van der Waals surface area contributed by atoms with Crippen LogP contribution >= 0.6 is 7.37 Å². The van der Waals surface area contributed by atoms with Gasteiger partial charge < -0.3 is 4.52 Å². The molecular weight excluding hydrogens is 173 g/mol. The van der Waals surface area contributed by atoms with Crippen molar-refractivity contribution in [2.75, 3.05) is 12.3 Å². The van der Waals surface area contributed by atoms with E-state index in [0.29, 0.717) is 18.7 Å². The van der Waals surface area contributed by atoms with Crippen LogP contribution in [0.2, 0.25) is 0 Å². The second kappa shape index (κ2) is 5.35. The summed E-state index contributed by atoms with van der Waals surface area (Å²) in [6, 6.07) is 1.98. The summed E-state index contributed by atoms with van der Waals surface area (Å²) >= 11 is 0. The molecule has 0 fully saturated rings. The topological polar surface area (TPSA) is 50.1 Å². The summed E-state index contributed by atoms with van der Waals surface area (Å²) in [5.74, 6) is 0. The average Bonchev–Trinajstić information content (AvgIpc) is 2.00. The zero-order valence-corrected chi connectivity index (χ0v) is 8.80. The quantitative estimate of drug-likeness (QED) is 0.624. The first-order chi connectivity index (χ1) is 5.54. The second-order valence-electron chi connectivity index (χ2n) is 2.92. The lowest BCUT2D eigenvalue weighted by Gasteiger charge is -2.17. The summed E-state index contributed by atoms with van der Waals surface area (Å²) in [5, 5.41) is 8.33. The summed E-state index contributed by atoms with van der Waals surface area (Å²) in [5.41, 5.74) is 0. The largest absolute Gasteiger partial charge is 0.326 e. The molecule has 0 N–H and O–H groups in total. The van der Waals surface area contributed by atoms with E-state index in [4.69, 9.17) is 9.79 Å². The van der Waals surface area contributed by atoms with Crippen LogP contribution < -0.4 is 0 Å². The lowest BCUT2D eigenvalue weighted by atomic mass is 10.5. The number of nitrogens with zero attached hydrogens (tertiary/aromatic N) is 1. The molecular formula is C8H16NO2P. The van der Waals surface area contributed by atoms with E-state index in [2.05, 4.69) is 0 Å². The van der Waals surface area contributed by atoms with Gasteiger partial charge >= 0.3 is 0 Å². The predicted octanol–water partition coefficient (Wildman–Crippen LogP) is 2.62. The van der Waals surface area contributed by atoms with Crippen molar-refractivity contribution < 1.29 is 9.09 Å². The van der Waals surface area contributed by atoms with Crippen LogP contribution in [-0.4, -0.2) is 18.4 Å². The van der Waals surface area contributed by atoms with Crippen molar-refractivity contribution in [3.05, 3.63) is 0 Å². The van der Waals surface area contributed by atoms with Crippen molar-refractivity contribution in [1.82, 2.24) is 0 Å². The van der Waals surface area contributed by atoms with E-state index in [1.54, 1.807) is 0 Å². The fourth-order valence-corrected chi connectivity index (χ4v) is 2.67. The fraction of sp³-hybridized carbons (Fsp3) is 0.875. The van der Waals surface area contributed by atoms with Crippen molar-refractivity contribution in [2.24, 2.45) is 0 Å². The number of hydrogen-bond donors (Lipinski definition) is 0. The minimum Gasteiger partial charge on any atom is -0.326 e. The van der Waals surface area contributed by atoms with E-state index < -0.39 is 7.37 Å². The summed E-state index contributed by atoms with van der Waals surface area (Å²) < 4.78 is 17.1. The first-order valence-corrected chi connectivity index (χ1v) is 6.17. The molecule has 70 valence electrons. The van der Waals surface area contributed by atoms with Gasteiger partial charge in [-0.25, -0.2) is 0 Å². The molecule has 0 spiro atoms. The van der Waals surface area contributed by atoms with Gasteiger partial charge in [-0.2, -0.15) is 5.26 Å². The Kier molecular flexibility index (Phi) is 5.20. The summed E-state index contributed by atoms with van der Waals surface area (Å²) in [6.45, 7) is 5.55. The molecule has 0 heterocycles. The zero-order valence-electron chi connectivity index (χ0n) is 7.91. The van der Waals surface area contributed by atoms with Crippen LogP contribution in [-0.2, 0) is 9.09 Å². The van der Waals surface area contributed by atoms with Gasteiger partial charge in [0.25, 0.3) is 0 Å². The Morgan fingerprint density at radius 1 is 1.58 bits per heavy atom. The third-order valence-electron chi connectivity index (χ3n) is 1.45. The molecule has 0 aromatic carbocycles. The highest BCUT2D eigenvalue weighted by atomic mass is 31.2. The van der Waals surface area contributed by atoms with Gasteiger partial charge in [0.05, 0.1) is 12.2 Å². The van der Waals surface area contributed by atoms with Gasteiger partial charge in [0.1, 0.15) is 0 Å². The number of nitriles is 1. The van der Waals surface area contributed by atoms with E-state index in [1.165, 1.54) is 0 Å². The maximum absolute atomic E-state index is 11.8. The first-order valence-electron chi connectivity index (χ1n) is 4.17. The first kappa shape index (κ1) is 11.7. The molecule has 0 aromatic rings. The molecule has 0 aliphatic rings. The van der Waals surface area contributed by atoms with E-state index in [1.807, 2.05) is 26.8 Å². The van der Waals surface area contributed by atoms with Crippen LogP contribution in [0, 0.1) is 11.3 Å². The summed E-state index contributed by atoms with van der Waals surface area (Å²) in [7, 11) is -2.50. The molecule has 0 aromatic heterocycles. The van der Waals surface area contributed by atoms with Gasteiger partial charge in [-0.1, -0.05) is 6.92 Å². The van der Waals surface area contributed by atoms with E-state index in [0.717, 1.165) is 0 Å². The second-order valence-corrected chi connectivity index (χ2v) is 5.84. The molecule has 12 heavy (non-hydrogen) atoms. The van der Waals surface area contributed by atoms with Crippen LogP contribution in [0.25, 0.3) is 0 Å². The monoisotopic (exact) mass is 189 g/mol. The minimum atomic E-state index is -2.50. The predicted molar refractivity (Wildman–Crippen MR) is 49.5 cm³/mol. The highest BCUT2D eigenvalue weighted by Crippen LogP contribution is 2.47. The molecule has 1 atom stereocenters. The lowest BCUT2D eigenvalue weighted by Crippen LogP contribution is -2.04. The third kappa shape index (κ3) is 4.54. The van der Waals surface area contributed by atoms with Crippen molar-refractivity contribution in [3.8, 4) is 6.07 Å². The minimum absolute atomic E-state index is 0.0190. The number of rotatable bonds is 5. The van der Waals surface area contributed by atoms with Crippen molar-refractivity contribution in [1.29, 1.82) is 5.26 Å². The Morgan fingerprint density at radius 2 is 2.17 bits per heavy atom. The lowest BCUT2D eigenvalue weighted by molar-refractivity contribution is 0.244. The van der Waals surface area contributed by atoms with Gasteiger partial charge in [-0.05, 0) is 13.8 Å². The Morgan fingerprint density at radius 3 is 2.50 bits per heavy atom. The molecule has 0 radical (unpaired) electrons. The summed E-state index contributed by atoms with van der Waals surface area (Å²) in [4.78, 5) is 0. The Bertz CT molecular complexity index is 208. The van der Waals surface area contributed by atoms with Gasteiger partial charge in [-0.3, -0.25) is 4.57 Å². The highest BCUT2D eigenvalue weighted by Gasteiger charge is 2.21.